The average molecular weight is 392 g/mol. The predicted octanol–water partition coefficient (Wildman–Crippen LogP) is 3.87. The lowest BCUT2D eigenvalue weighted by Gasteiger charge is -2.10. The van der Waals surface area contributed by atoms with Crippen LogP contribution in [0, 0.1) is 10.1 Å². The van der Waals surface area contributed by atoms with Gasteiger partial charge in [-0.15, -0.1) is 0 Å². The van der Waals surface area contributed by atoms with Crippen molar-refractivity contribution in [2.24, 2.45) is 0 Å². The van der Waals surface area contributed by atoms with Crippen LogP contribution in [-0.2, 0) is 17.9 Å². The summed E-state index contributed by atoms with van der Waals surface area (Å²) in [4.78, 5) is 22.3. The van der Waals surface area contributed by atoms with Gasteiger partial charge in [0.05, 0.1) is 11.0 Å². The molecule has 0 unspecified atom stereocenters. The first-order valence-corrected chi connectivity index (χ1v) is 9.00. The third-order valence-corrected chi connectivity index (χ3v) is 4.03. The van der Waals surface area contributed by atoms with Gasteiger partial charge in [0.2, 0.25) is 0 Å². The molecule has 3 rings (SSSR count). The van der Waals surface area contributed by atoms with Gasteiger partial charge in [0, 0.05) is 12.6 Å². The van der Waals surface area contributed by atoms with Crippen molar-refractivity contribution in [1.29, 1.82) is 0 Å². The second-order valence-electron chi connectivity index (χ2n) is 6.24. The van der Waals surface area contributed by atoms with Gasteiger partial charge in [0.25, 0.3) is 11.6 Å². The van der Waals surface area contributed by atoms with E-state index >= 15 is 0 Å². The van der Waals surface area contributed by atoms with E-state index in [0.29, 0.717) is 18.9 Å². The van der Waals surface area contributed by atoms with Gasteiger partial charge >= 0.3 is 0 Å². The lowest BCUT2D eigenvalue weighted by molar-refractivity contribution is -0.384. The summed E-state index contributed by atoms with van der Waals surface area (Å²) in [6.45, 7) is 0.554. The van der Waals surface area contributed by atoms with E-state index in [1.54, 1.807) is 6.07 Å². The first-order valence-electron chi connectivity index (χ1n) is 9.00. The Morgan fingerprint density at radius 2 is 1.55 bits per heavy atom. The highest BCUT2D eigenvalue weighted by molar-refractivity contribution is 5.77. The Balaban J connectivity index is 1.46. The van der Waals surface area contributed by atoms with Crippen molar-refractivity contribution in [2.75, 3.05) is 6.61 Å². The molecule has 0 aliphatic carbocycles. The maximum atomic E-state index is 12.0. The molecular formula is C22H20N2O5. The number of hydrogen-bond acceptors (Lipinski definition) is 5. The fraction of sp³-hybridized carbons (Fsp3) is 0.136. The Kier molecular flexibility index (Phi) is 6.78. The van der Waals surface area contributed by atoms with E-state index in [9.17, 15) is 14.9 Å². The quantitative estimate of drug-likeness (QED) is 0.441. The van der Waals surface area contributed by atoms with Gasteiger partial charge in [-0.3, -0.25) is 14.9 Å². The summed E-state index contributed by atoms with van der Waals surface area (Å²) in [7, 11) is 0. The molecule has 0 saturated carbocycles. The van der Waals surface area contributed by atoms with E-state index in [0.717, 1.165) is 11.1 Å². The minimum absolute atomic E-state index is 0.0878. The van der Waals surface area contributed by atoms with Crippen molar-refractivity contribution in [3.8, 4) is 11.5 Å². The molecule has 148 valence electrons. The number of carbonyl (C=O) groups is 1. The van der Waals surface area contributed by atoms with E-state index < -0.39 is 4.92 Å². The number of rotatable bonds is 9. The van der Waals surface area contributed by atoms with Crippen molar-refractivity contribution in [1.82, 2.24) is 5.32 Å². The standard InChI is InChI=1S/C22H20N2O5/c25-22(16-29-21-11-5-9-19(13-21)24(26)27)23-14-18-8-4-10-20(12-18)28-15-17-6-2-1-3-7-17/h1-13H,14-16H2,(H,23,25). The molecule has 0 heterocycles. The van der Waals surface area contributed by atoms with Crippen LogP contribution < -0.4 is 14.8 Å². The smallest absolute Gasteiger partial charge is 0.273 e. The topological polar surface area (TPSA) is 90.7 Å². The van der Waals surface area contributed by atoms with E-state index in [1.807, 2.05) is 54.6 Å². The van der Waals surface area contributed by atoms with Gasteiger partial charge in [0.15, 0.2) is 6.61 Å². The second kappa shape index (κ2) is 9.89. The molecule has 0 bridgehead atoms. The fourth-order valence-corrected chi connectivity index (χ4v) is 2.57. The van der Waals surface area contributed by atoms with Crippen molar-refractivity contribution in [3.63, 3.8) is 0 Å². The number of hydrogen-bond donors (Lipinski definition) is 1. The summed E-state index contributed by atoms with van der Waals surface area (Å²) in [5.41, 5.74) is 1.87. The number of amides is 1. The Morgan fingerprint density at radius 3 is 2.31 bits per heavy atom. The van der Waals surface area contributed by atoms with E-state index in [2.05, 4.69) is 5.32 Å². The van der Waals surface area contributed by atoms with E-state index in [4.69, 9.17) is 9.47 Å². The molecule has 0 atom stereocenters. The van der Waals surface area contributed by atoms with Gasteiger partial charge in [-0.05, 0) is 29.3 Å². The third-order valence-electron chi connectivity index (χ3n) is 4.03. The van der Waals surface area contributed by atoms with Crippen LogP contribution in [0.3, 0.4) is 0 Å². The van der Waals surface area contributed by atoms with Crippen molar-refractivity contribution in [2.45, 2.75) is 13.2 Å². The average Bonchev–Trinajstić information content (AvgIpc) is 2.76. The zero-order valence-electron chi connectivity index (χ0n) is 15.6. The Morgan fingerprint density at radius 1 is 0.862 bits per heavy atom. The van der Waals surface area contributed by atoms with E-state index in [1.165, 1.54) is 18.2 Å². The van der Waals surface area contributed by atoms with Gasteiger partial charge in [-0.1, -0.05) is 48.5 Å². The summed E-state index contributed by atoms with van der Waals surface area (Å²) in [5, 5.41) is 13.5. The number of nitrogens with one attached hydrogen (secondary N) is 1. The molecule has 29 heavy (non-hydrogen) atoms. The molecule has 0 aliphatic rings. The Labute approximate surface area is 168 Å². The summed E-state index contributed by atoms with van der Waals surface area (Å²) in [5.74, 6) is 0.659. The highest BCUT2D eigenvalue weighted by Crippen LogP contribution is 2.19. The monoisotopic (exact) mass is 392 g/mol. The molecule has 0 aliphatic heterocycles. The fourth-order valence-electron chi connectivity index (χ4n) is 2.57. The van der Waals surface area contributed by atoms with Gasteiger partial charge < -0.3 is 14.8 Å². The largest absolute Gasteiger partial charge is 0.489 e. The summed E-state index contributed by atoms with van der Waals surface area (Å²) >= 11 is 0. The molecule has 1 N–H and O–H groups in total. The van der Waals surface area contributed by atoms with Crippen LogP contribution in [-0.4, -0.2) is 17.4 Å². The Hall–Kier alpha value is -3.87. The van der Waals surface area contributed by atoms with Crippen molar-refractivity contribution in [3.05, 3.63) is 100 Å². The van der Waals surface area contributed by atoms with Crippen molar-refractivity contribution >= 4 is 11.6 Å². The van der Waals surface area contributed by atoms with E-state index in [-0.39, 0.29) is 24.0 Å². The first-order chi connectivity index (χ1) is 14.1. The van der Waals surface area contributed by atoms with Crippen LogP contribution in [0.1, 0.15) is 11.1 Å². The first kappa shape index (κ1) is 19.9. The lowest BCUT2D eigenvalue weighted by atomic mass is 10.2. The molecule has 1 amide bonds. The molecule has 0 spiro atoms. The number of nitro benzene ring substituents is 1. The number of nitrogens with zero attached hydrogens (tertiary/aromatic N) is 1. The molecular weight excluding hydrogens is 372 g/mol. The lowest BCUT2D eigenvalue weighted by Crippen LogP contribution is -2.28. The third kappa shape index (κ3) is 6.35. The molecule has 7 nitrogen and oxygen atoms in total. The minimum atomic E-state index is -0.514. The number of benzene rings is 3. The SMILES string of the molecule is O=C(COc1cccc([N+](=O)[O-])c1)NCc1cccc(OCc2ccccc2)c1. The van der Waals surface area contributed by atoms with Crippen LogP contribution in [0.5, 0.6) is 11.5 Å². The van der Waals surface area contributed by atoms with Crippen LogP contribution in [0.4, 0.5) is 5.69 Å². The summed E-state index contributed by atoms with van der Waals surface area (Å²) < 4.78 is 11.1. The minimum Gasteiger partial charge on any atom is -0.489 e. The normalized spacial score (nSPS) is 10.2. The summed E-state index contributed by atoms with van der Waals surface area (Å²) in [6, 6.07) is 23.0. The van der Waals surface area contributed by atoms with Crippen LogP contribution >= 0.6 is 0 Å². The Bertz CT molecular complexity index is 976. The molecule has 3 aromatic rings. The number of ether oxygens (including phenoxy) is 2. The maximum Gasteiger partial charge on any atom is 0.273 e. The number of nitro groups is 1. The van der Waals surface area contributed by atoms with Crippen LogP contribution in [0.2, 0.25) is 0 Å². The molecule has 0 radical (unpaired) electrons. The molecule has 0 aromatic heterocycles. The van der Waals surface area contributed by atoms with Crippen LogP contribution in [0.15, 0.2) is 78.9 Å². The zero-order chi connectivity index (χ0) is 20.5. The zero-order valence-corrected chi connectivity index (χ0v) is 15.6. The summed E-state index contributed by atoms with van der Waals surface area (Å²) in [6.07, 6.45) is 0. The number of carbonyl (C=O) groups excluding carboxylic acids is 1. The van der Waals surface area contributed by atoms with Gasteiger partial charge in [-0.25, -0.2) is 0 Å². The van der Waals surface area contributed by atoms with Crippen molar-refractivity contribution < 1.29 is 19.2 Å². The molecule has 0 fully saturated rings. The maximum absolute atomic E-state index is 12.0. The van der Waals surface area contributed by atoms with Gasteiger partial charge in [0.1, 0.15) is 18.1 Å². The molecule has 3 aromatic carbocycles. The highest BCUT2D eigenvalue weighted by atomic mass is 16.6. The van der Waals surface area contributed by atoms with Crippen LogP contribution in [0.25, 0.3) is 0 Å². The highest BCUT2D eigenvalue weighted by Gasteiger charge is 2.08. The number of non-ortho nitro benzene ring substituents is 1. The molecule has 7 heteroatoms. The van der Waals surface area contributed by atoms with Gasteiger partial charge in [-0.2, -0.15) is 0 Å². The predicted molar refractivity (Wildman–Crippen MR) is 108 cm³/mol. The second-order valence-corrected chi connectivity index (χ2v) is 6.24. The molecule has 0 saturated heterocycles.